The van der Waals surface area contributed by atoms with Crippen LogP contribution in [0.15, 0.2) is 42.6 Å². The summed E-state index contributed by atoms with van der Waals surface area (Å²) in [6.45, 7) is 2.08. The summed E-state index contributed by atoms with van der Waals surface area (Å²) in [5.41, 5.74) is 8.03. The van der Waals surface area contributed by atoms with Crippen molar-refractivity contribution in [2.45, 2.75) is 19.4 Å². The Balaban J connectivity index is 1.43. The molecule has 9 heteroatoms. The highest BCUT2D eigenvalue weighted by Crippen LogP contribution is 2.40. The number of rotatable bonds is 6. The molecule has 9 nitrogen and oxygen atoms in total. The fraction of sp³-hybridized carbons (Fsp3) is 0.227. The molecule has 2 N–H and O–H groups in total. The molecule has 0 spiro atoms. The summed E-state index contributed by atoms with van der Waals surface area (Å²) in [7, 11) is 1.56. The van der Waals surface area contributed by atoms with Gasteiger partial charge < -0.3 is 9.47 Å². The van der Waals surface area contributed by atoms with Crippen molar-refractivity contribution in [2.24, 2.45) is 0 Å². The first kappa shape index (κ1) is 19.1. The molecule has 31 heavy (non-hydrogen) atoms. The Kier molecular flexibility index (Phi) is 4.79. The van der Waals surface area contributed by atoms with E-state index in [0.29, 0.717) is 12.3 Å². The summed E-state index contributed by atoms with van der Waals surface area (Å²) in [5, 5.41) is 21.4. The number of carbonyl (C=O) groups is 1. The van der Waals surface area contributed by atoms with Gasteiger partial charge in [0.1, 0.15) is 17.5 Å². The minimum absolute atomic E-state index is 0.159. The summed E-state index contributed by atoms with van der Waals surface area (Å²) in [4.78, 5) is 12.5. The lowest BCUT2D eigenvalue weighted by Gasteiger charge is -2.11. The molecule has 5 rings (SSSR count). The molecule has 1 aliphatic rings. The van der Waals surface area contributed by atoms with Gasteiger partial charge in [0.15, 0.2) is 5.69 Å². The van der Waals surface area contributed by atoms with E-state index >= 15 is 0 Å². The smallest absolute Gasteiger partial charge is 0.361 e. The Bertz CT molecular complexity index is 1250. The number of aromatic nitrogens is 6. The van der Waals surface area contributed by atoms with Gasteiger partial charge in [-0.05, 0) is 47.7 Å². The van der Waals surface area contributed by atoms with Crippen molar-refractivity contribution in [3.63, 3.8) is 0 Å². The van der Waals surface area contributed by atoms with E-state index in [1.165, 1.54) is 22.3 Å². The SMILES string of the molecule is COC[C@@H](C)OC(=O)c1n[nH]nc1-c1ccc2c(c1)Cc1cc(-c3cn[nH]n3)ccc1-2. The summed E-state index contributed by atoms with van der Waals surface area (Å²) in [6.07, 6.45) is 2.11. The van der Waals surface area contributed by atoms with Crippen molar-refractivity contribution in [1.82, 2.24) is 30.8 Å². The van der Waals surface area contributed by atoms with Crippen LogP contribution in [0.3, 0.4) is 0 Å². The van der Waals surface area contributed by atoms with E-state index in [-0.39, 0.29) is 11.8 Å². The largest absolute Gasteiger partial charge is 0.455 e. The molecule has 4 aromatic rings. The van der Waals surface area contributed by atoms with Crippen LogP contribution in [-0.4, -0.2) is 56.6 Å². The first-order valence-corrected chi connectivity index (χ1v) is 9.87. The second kappa shape index (κ2) is 7.77. The monoisotopic (exact) mass is 416 g/mol. The number of H-pyrrole nitrogens is 2. The van der Waals surface area contributed by atoms with Crippen LogP contribution < -0.4 is 0 Å². The van der Waals surface area contributed by atoms with E-state index in [2.05, 4.69) is 55.1 Å². The second-order valence-electron chi connectivity index (χ2n) is 7.47. The van der Waals surface area contributed by atoms with Crippen LogP contribution in [0.2, 0.25) is 0 Å². The predicted molar refractivity (Wildman–Crippen MR) is 112 cm³/mol. The first-order valence-electron chi connectivity index (χ1n) is 9.87. The van der Waals surface area contributed by atoms with Crippen LogP contribution in [-0.2, 0) is 15.9 Å². The molecule has 2 aromatic heterocycles. The fourth-order valence-electron chi connectivity index (χ4n) is 3.94. The molecule has 1 atom stereocenters. The zero-order valence-corrected chi connectivity index (χ0v) is 17.0. The lowest BCUT2D eigenvalue weighted by atomic mass is 10.0. The fourth-order valence-corrected chi connectivity index (χ4v) is 3.94. The van der Waals surface area contributed by atoms with Crippen LogP contribution in [0.1, 0.15) is 28.5 Å². The van der Waals surface area contributed by atoms with Crippen molar-refractivity contribution in [2.75, 3.05) is 13.7 Å². The molecular formula is C22H20N6O3. The number of fused-ring (bicyclic) bond motifs is 3. The van der Waals surface area contributed by atoms with Gasteiger partial charge in [-0.3, -0.25) is 0 Å². The van der Waals surface area contributed by atoms with Gasteiger partial charge in [0, 0.05) is 18.2 Å². The number of ether oxygens (including phenoxy) is 2. The number of carbonyl (C=O) groups excluding carboxylic acids is 1. The van der Waals surface area contributed by atoms with Crippen LogP contribution in [0, 0.1) is 0 Å². The molecule has 2 heterocycles. The zero-order valence-electron chi connectivity index (χ0n) is 17.0. The minimum atomic E-state index is -0.533. The highest BCUT2D eigenvalue weighted by molar-refractivity contribution is 5.94. The van der Waals surface area contributed by atoms with E-state index in [9.17, 15) is 4.79 Å². The highest BCUT2D eigenvalue weighted by Gasteiger charge is 2.24. The van der Waals surface area contributed by atoms with Crippen molar-refractivity contribution in [3.05, 3.63) is 59.4 Å². The van der Waals surface area contributed by atoms with Gasteiger partial charge in [-0.1, -0.05) is 24.3 Å². The van der Waals surface area contributed by atoms with Crippen molar-refractivity contribution >= 4 is 5.97 Å². The van der Waals surface area contributed by atoms with Gasteiger partial charge in [-0.15, -0.1) is 5.10 Å². The molecule has 156 valence electrons. The number of benzene rings is 2. The molecule has 0 amide bonds. The maximum absolute atomic E-state index is 12.5. The number of nitrogens with zero attached hydrogens (tertiary/aromatic N) is 4. The topological polar surface area (TPSA) is 119 Å². The quantitative estimate of drug-likeness (QED) is 0.408. The first-order chi connectivity index (χ1) is 15.1. The molecule has 0 saturated heterocycles. The van der Waals surface area contributed by atoms with Crippen LogP contribution in [0.5, 0.6) is 0 Å². The number of hydrogen-bond donors (Lipinski definition) is 2. The summed E-state index contributed by atoms with van der Waals surface area (Å²) < 4.78 is 10.4. The second-order valence-corrected chi connectivity index (χ2v) is 7.47. The summed E-state index contributed by atoms with van der Waals surface area (Å²) >= 11 is 0. The van der Waals surface area contributed by atoms with E-state index in [1.54, 1.807) is 20.2 Å². The Labute approximate surface area is 177 Å². The molecule has 0 saturated carbocycles. The van der Waals surface area contributed by atoms with Gasteiger partial charge in [-0.2, -0.15) is 25.7 Å². The van der Waals surface area contributed by atoms with Gasteiger partial charge in [-0.25, -0.2) is 4.79 Å². The number of aromatic amines is 2. The van der Waals surface area contributed by atoms with Crippen LogP contribution >= 0.6 is 0 Å². The van der Waals surface area contributed by atoms with Gasteiger partial charge in [0.05, 0.1) is 12.8 Å². The van der Waals surface area contributed by atoms with Crippen LogP contribution in [0.4, 0.5) is 0 Å². The lowest BCUT2D eigenvalue weighted by Crippen LogP contribution is -2.20. The third-order valence-corrected chi connectivity index (χ3v) is 5.32. The van der Waals surface area contributed by atoms with E-state index in [0.717, 1.165) is 23.2 Å². The number of hydrogen-bond acceptors (Lipinski definition) is 7. The van der Waals surface area contributed by atoms with Crippen LogP contribution in [0.25, 0.3) is 33.6 Å². The zero-order chi connectivity index (χ0) is 21.4. The third-order valence-electron chi connectivity index (χ3n) is 5.32. The molecule has 1 aliphatic carbocycles. The Morgan fingerprint density at radius 1 is 1.03 bits per heavy atom. The molecule has 0 radical (unpaired) electrons. The van der Waals surface area contributed by atoms with Crippen molar-refractivity contribution < 1.29 is 14.3 Å². The average Bonchev–Trinajstić information content (AvgIpc) is 3.52. The summed E-state index contributed by atoms with van der Waals surface area (Å²) in [5.74, 6) is -0.533. The molecule has 0 bridgehead atoms. The molecule has 0 fully saturated rings. The molecular weight excluding hydrogens is 396 g/mol. The van der Waals surface area contributed by atoms with Gasteiger partial charge >= 0.3 is 5.97 Å². The lowest BCUT2D eigenvalue weighted by molar-refractivity contribution is 0.0115. The number of methoxy groups -OCH3 is 1. The number of nitrogens with one attached hydrogen (secondary N) is 2. The van der Waals surface area contributed by atoms with Gasteiger partial charge in [0.2, 0.25) is 0 Å². The number of esters is 1. The maximum atomic E-state index is 12.5. The van der Waals surface area contributed by atoms with E-state index in [4.69, 9.17) is 9.47 Å². The molecule has 0 aliphatic heterocycles. The average molecular weight is 416 g/mol. The van der Waals surface area contributed by atoms with Gasteiger partial charge in [0.25, 0.3) is 0 Å². The predicted octanol–water partition coefficient (Wildman–Crippen LogP) is 3.02. The van der Waals surface area contributed by atoms with E-state index in [1.807, 2.05) is 12.1 Å². The van der Waals surface area contributed by atoms with Crippen molar-refractivity contribution in [3.8, 4) is 33.6 Å². The maximum Gasteiger partial charge on any atom is 0.361 e. The highest BCUT2D eigenvalue weighted by atomic mass is 16.6. The Morgan fingerprint density at radius 2 is 1.77 bits per heavy atom. The Hall–Kier alpha value is -3.85. The van der Waals surface area contributed by atoms with Crippen molar-refractivity contribution in [1.29, 1.82) is 0 Å². The third kappa shape index (κ3) is 3.49. The molecule has 2 aromatic carbocycles. The summed E-state index contributed by atoms with van der Waals surface area (Å²) in [6, 6.07) is 12.4. The minimum Gasteiger partial charge on any atom is -0.455 e. The standard InChI is InChI=1S/C22H20N6O3/c1-12(11-30-2)31-22(29)21-20(25-28-26-21)14-4-6-18-16(8-14)9-15-7-13(3-5-17(15)18)19-10-23-27-24-19/h3-8,10,12H,9,11H2,1-2H3,(H,23,24,27)(H,25,26,28)/t12-/m1/s1. The van der Waals surface area contributed by atoms with E-state index < -0.39 is 5.97 Å². The Morgan fingerprint density at radius 3 is 2.48 bits per heavy atom. The normalized spacial score (nSPS) is 13.0. The molecule has 0 unspecified atom stereocenters.